The number of rotatable bonds is 2. The molecule has 0 spiro atoms. The predicted octanol–water partition coefficient (Wildman–Crippen LogP) is 3.03. The summed E-state index contributed by atoms with van der Waals surface area (Å²) >= 11 is 0. The Labute approximate surface area is 104 Å². The van der Waals surface area contributed by atoms with E-state index in [0.717, 1.165) is 30.2 Å². The molecular weight excluding hydrogens is 231 g/mol. The molecule has 3 rings (SSSR count). The van der Waals surface area contributed by atoms with E-state index in [9.17, 15) is 9.18 Å². The fourth-order valence-corrected chi connectivity index (χ4v) is 2.69. The summed E-state index contributed by atoms with van der Waals surface area (Å²) < 4.78 is 16.1. The van der Waals surface area contributed by atoms with Crippen LogP contribution in [0.15, 0.2) is 29.4 Å². The molecule has 0 aliphatic heterocycles. The standard InChI is InChI=1S/C14H13FN2O/c1-17-6-3-10-7-12(15)11(8-13(10)17)14(16-9-18)4-2-5-14/h3,6-8H,2,4-5H2,1H3. The van der Waals surface area contributed by atoms with Crippen LogP contribution in [0.4, 0.5) is 4.39 Å². The van der Waals surface area contributed by atoms with Gasteiger partial charge in [-0.15, -0.1) is 0 Å². The van der Waals surface area contributed by atoms with Crippen molar-refractivity contribution in [2.24, 2.45) is 12.0 Å². The summed E-state index contributed by atoms with van der Waals surface area (Å²) in [6.45, 7) is 0. The minimum atomic E-state index is -0.676. The van der Waals surface area contributed by atoms with Crippen LogP contribution in [-0.4, -0.2) is 10.6 Å². The molecule has 1 heterocycles. The van der Waals surface area contributed by atoms with Gasteiger partial charge in [0.1, 0.15) is 11.4 Å². The fourth-order valence-electron chi connectivity index (χ4n) is 2.69. The lowest BCUT2D eigenvalue weighted by atomic mass is 9.72. The van der Waals surface area contributed by atoms with Gasteiger partial charge in [0.2, 0.25) is 6.08 Å². The van der Waals surface area contributed by atoms with Crippen molar-refractivity contribution < 1.29 is 9.18 Å². The molecule has 1 fully saturated rings. The lowest BCUT2D eigenvalue weighted by Gasteiger charge is -2.37. The molecule has 1 aliphatic carbocycles. The van der Waals surface area contributed by atoms with Crippen molar-refractivity contribution in [2.45, 2.75) is 24.8 Å². The van der Waals surface area contributed by atoms with Gasteiger partial charge >= 0.3 is 0 Å². The first-order valence-electron chi connectivity index (χ1n) is 6.00. The molecule has 0 amide bonds. The van der Waals surface area contributed by atoms with Crippen molar-refractivity contribution in [2.75, 3.05) is 0 Å². The number of nitrogens with zero attached hydrogens (tertiary/aromatic N) is 2. The largest absolute Gasteiger partial charge is 0.351 e. The van der Waals surface area contributed by atoms with Crippen LogP contribution in [0.3, 0.4) is 0 Å². The van der Waals surface area contributed by atoms with Crippen LogP contribution in [0.2, 0.25) is 0 Å². The van der Waals surface area contributed by atoms with Gasteiger partial charge in [-0.25, -0.2) is 9.18 Å². The number of hydrogen-bond acceptors (Lipinski definition) is 2. The van der Waals surface area contributed by atoms with Crippen LogP contribution in [0.25, 0.3) is 10.9 Å². The zero-order chi connectivity index (χ0) is 12.8. The summed E-state index contributed by atoms with van der Waals surface area (Å²) in [4.78, 5) is 14.4. The molecule has 0 unspecified atom stereocenters. The first-order valence-corrected chi connectivity index (χ1v) is 6.00. The van der Waals surface area contributed by atoms with Crippen molar-refractivity contribution in [1.29, 1.82) is 0 Å². The van der Waals surface area contributed by atoms with E-state index in [1.54, 1.807) is 6.08 Å². The van der Waals surface area contributed by atoms with Crippen LogP contribution in [0, 0.1) is 5.82 Å². The van der Waals surface area contributed by atoms with Crippen LogP contribution < -0.4 is 0 Å². The number of fused-ring (bicyclic) bond motifs is 1. The monoisotopic (exact) mass is 244 g/mol. The Morgan fingerprint density at radius 2 is 2.22 bits per heavy atom. The van der Waals surface area contributed by atoms with Gasteiger partial charge < -0.3 is 4.57 Å². The summed E-state index contributed by atoms with van der Waals surface area (Å²) in [6, 6.07) is 5.20. The Hall–Kier alpha value is -1.93. The second-order valence-electron chi connectivity index (χ2n) is 4.91. The predicted molar refractivity (Wildman–Crippen MR) is 66.5 cm³/mol. The van der Waals surface area contributed by atoms with Gasteiger partial charge in [0.15, 0.2) is 0 Å². The number of isocyanates is 1. The molecule has 1 aliphatic rings. The molecule has 0 bridgehead atoms. The van der Waals surface area contributed by atoms with Crippen molar-refractivity contribution in [3.8, 4) is 0 Å². The highest BCUT2D eigenvalue weighted by molar-refractivity contribution is 5.81. The zero-order valence-electron chi connectivity index (χ0n) is 10.1. The summed E-state index contributed by atoms with van der Waals surface area (Å²) in [5.41, 5.74) is 0.801. The molecule has 0 N–H and O–H groups in total. The molecule has 0 radical (unpaired) electrons. The average Bonchev–Trinajstić information content (AvgIpc) is 2.64. The smallest absolute Gasteiger partial charge is 0.235 e. The van der Waals surface area contributed by atoms with Crippen LogP contribution in [0.1, 0.15) is 24.8 Å². The minimum Gasteiger partial charge on any atom is -0.351 e. The number of aryl methyl sites for hydroxylation is 1. The molecule has 1 saturated carbocycles. The Morgan fingerprint density at radius 1 is 1.44 bits per heavy atom. The zero-order valence-corrected chi connectivity index (χ0v) is 10.1. The molecule has 18 heavy (non-hydrogen) atoms. The highest BCUT2D eigenvalue weighted by Gasteiger charge is 2.41. The van der Waals surface area contributed by atoms with E-state index < -0.39 is 5.54 Å². The number of benzene rings is 1. The van der Waals surface area contributed by atoms with E-state index in [1.807, 2.05) is 29.9 Å². The molecule has 2 aromatic rings. The van der Waals surface area contributed by atoms with Gasteiger partial charge in [0.05, 0.1) is 0 Å². The van der Waals surface area contributed by atoms with E-state index in [2.05, 4.69) is 4.99 Å². The highest BCUT2D eigenvalue weighted by atomic mass is 19.1. The molecular formula is C14H13FN2O. The van der Waals surface area contributed by atoms with Crippen molar-refractivity contribution in [3.05, 3.63) is 35.8 Å². The fraction of sp³-hybridized carbons (Fsp3) is 0.357. The Bertz CT molecular complexity index is 664. The molecule has 4 heteroatoms. The molecule has 0 atom stereocenters. The van der Waals surface area contributed by atoms with Gasteiger partial charge in [0, 0.05) is 29.7 Å². The summed E-state index contributed by atoms with van der Waals surface area (Å²) in [6.07, 6.45) is 5.89. The molecule has 3 nitrogen and oxygen atoms in total. The number of aromatic nitrogens is 1. The van der Waals surface area contributed by atoms with E-state index in [1.165, 1.54) is 6.07 Å². The number of aliphatic imine (C=N–C) groups is 1. The third-order valence-corrected chi connectivity index (χ3v) is 3.92. The van der Waals surface area contributed by atoms with Crippen molar-refractivity contribution in [3.63, 3.8) is 0 Å². The third-order valence-electron chi connectivity index (χ3n) is 3.92. The van der Waals surface area contributed by atoms with Crippen LogP contribution in [0.5, 0.6) is 0 Å². The Balaban J connectivity index is 2.24. The second-order valence-corrected chi connectivity index (χ2v) is 4.91. The van der Waals surface area contributed by atoms with Gasteiger partial charge in [-0.1, -0.05) is 0 Å². The maximum atomic E-state index is 14.2. The minimum absolute atomic E-state index is 0.285. The topological polar surface area (TPSA) is 34.4 Å². The lowest BCUT2D eigenvalue weighted by Crippen LogP contribution is -2.33. The summed E-state index contributed by atoms with van der Waals surface area (Å²) in [5.74, 6) is -0.285. The van der Waals surface area contributed by atoms with Crippen molar-refractivity contribution >= 4 is 17.0 Å². The SMILES string of the molecule is Cn1ccc2cc(F)c(C3(N=C=O)CCC3)cc21. The quantitative estimate of drug-likeness (QED) is 0.590. The maximum Gasteiger partial charge on any atom is 0.235 e. The van der Waals surface area contributed by atoms with Gasteiger partial charge in [0.25, 0.3) is 0 Å². The Kier molecular flexibility index (Phi) is 2.35. The van der Waals surface area contributed by atoms with E-state index in [-0.39, 0.29) is 5.82 Å². The number of halogens is 1. The third kappa shape index (κ3) is 1.42. The normalized spacial score (nSPS) is 17.2. The first-order chi connectivity index (χ1) is 8.66. The highest BCUT2D eigenvalue weighted by Crippen LogP contribution is 2.46. The summed E-state index contributed by atoms with van der Waals surface area (Å²) in [5, 5.41) is 0.864. The van der Waals surface area contributed by atoms with Crippen LogP contribution in [-0.2, 0) is 17.4 Å². The van der Waals surface area contributed by atoms with Crippen LogP contribution >= 0.6 is 0 Å². The molecule has 1 aromatic heterocycles. The lowest BCUT2D eigenvalue weighted by molar-refractivity contribution is 0.248. The first kappa shape index (κ1) is 11.2. The Morgan fingerprint density at radius 3 is 2.83 bits per heavy atom. The van der Waals surface area contributed by atoms with E-state index >= 15 is 0 Å². The van der Waals surface area contributed by atoms with E-state index in [4.69, 9.17) is 0 Å². The average molecular weight is 244 g/mol. The number of carbonyl (C=O) groups excluding carboxylic acids is 1. The maximum absolute atomic E-state index is 14.2. The van der Waals surface area contributed by atoms with E-state index in [0.29, 0.717) is 5.56 Å². The molecule has 92 valence electrons. The van der Waals surface area contributed by atoms with Crippen molar-refractivity contribution in [1.82, 2.24) is 4.57 Å². The van der Waals surface area contributed by atoms with Gasteiger partial charge in [-0.2, -0.15) is 4.99 Å². The summed E-state index contributed by atoms with van der Waals surface area (Å²) in [7, 11) is 1.92. The molecule has 1 aromatic carbocycles. The van der Waals surface area contributed by atoms with Gasteiger partial charge in [-0.05, 0) is 37.5 Å². The number of hydrogen-bond donors (Lipinski definition) is 0. The van der Waals surface area contributed by atoms with Gasteiger partial charge in [-0.3, -0.25) is 0 Å². The second kappa shape index (κ2) is 3.79. The molecule has 0 saturated heterocycles.